The van der Waals surface area contributed by atoms with Crippen molar-refractivity contribution in [3.05, 3.63) is 41.2 Å². The first-order chi connectivity index (χ1) is 16.0. The number of nitrogen functional groups attached to an aromatic ring is 1. The number of aryl methyl sites for hydroxylation is 1. The van der Waals surface area contributed by atoms with E-state index in [2.05, 4.69) is 16.0 Å². The fraction of sp³-hybridized carbons (Fsp3) is 0.565. The van der Waals surface area contributed by atoms with Gasteiger partial charge in [-0.25, -0.2) is 24.6 Å². The van der Waals surface area contributed by atoms with Gasteiger partial charge in [0.1, 0.15) is 11.5 Å². The average Bonchev–Trinajstić information content (AvgIpc) is 3.13. The summed E-state index contributed by atoms with van der Waals surface area (Å²) in [4.78, 5) is 10.8. The third-order valence-corrected chi connectivity index (χ3v) is 7.96. The Labute approximate surface area is 208 Å². The topological polar surface area (TPSA) is 110 Å². The number of anilines is 3. The number of benzene rings is 1. The molecule has 0 atom stereocenters. The number of hydrazine groups is 1. The van der Waals surface area contributed by atoms with Gasteiger partial charge in [0.25, 0.3) is 5.92 Å². The number of rotatable bonds is 10. The Morgan fingerprint density at radius 1 is 1.12 bits per heavy atom. The smallest absolute Gasteiger partial charge is 0.266 e. The van der Waals surface area contributed by atoms with Crippen molar-refractivity contribution < 1.29 is 8.78 Å². The first-order valence-corrected chi connectivity index (χ1v) is 13.8. The summed E-state index contributed by atoms with van der Waals surface area (Å²) in [5, 5.41) is 1.50. The predicted molar refractivity (Wildman–Crippen MR) is 141 cm³/mol. The maximum atomic E-state index is 13.9. The Hall–Kier alpha value is -1.82. The van der Waals surface area contributed by atoms with Crippen LogP contribution in [0, 0.1) is 0 Å². The van der Waals surface area contributed by atoms with Gasteiger partial charge in [0.15, 0.2) is 11.6 Å². The van der Waals surface area contributed by atoms with Crippen molar-refractivity contribution in [2.75, 3.05) is 46.8 Å². The van der Waals surface area contributed by atoms with Crippen LogP contribution in [0.25, 0.3) is 0 Å². The van der Waals surface area contributed by atoms with E-state index in [-0.39, 0.29) is 18.7 Å². The van der Waals surface area contributed by atoms with Crippen molar-refractivity contribution in [1.82, 2.24) is 9.97 Å². The number of nitrogens with zero attached hydrogens (tertiary/aromatic N) is 4. The van der Waals surface area contributed by atoms with E-state index in [1.165, 1.54) is 15.5 Å². The van der Waals surface area contributed by atoms with Crippen LogP contribution in [0.2, 0.25) is 0 Å². The van der Waals surface area contributed by atoms with Gasteiger partial charge in [0.2, 0.25) is 0 Å². The number of halogens is 2. The molecule has 2 heterocycles. The first-order valence-electron chi connectivity index (χ1n) is 11.4. The molecule has 1 aliphatic heterocycles. The largest absolute Gasteiger partial charge is 0.393 e. The molecule has 0 radical (unpaired) electrons. The van der Waals surface area contributed by atoms with Gasteiger partial charge in [-0.15, -0.1) is 0 Å². The average molecular weight is 512 g/mol. The van der Waals surface area contributed by atoms with E-state index < -0.39 is 17.9 Å². The summed E-state index contributed by atoms with van der Waals surface area (Å²) in [6, 6.07) is 8.13. The summed E-state index contributed by atoms with van der Waals surface area (Å²) in [5.41, 5.74) is 14.1. The molecule has 0 spiro atoms. The van der Waals surface area contributed by atoms with E-state index in [4.69, 9.17) is 17.3 Å². The van der Waals surface area contributed by atoms with Crippen molar-refractivity contribution in [3.8, 4) is 0 Å². The maximum absolute atomic E-state index is 13.9. The van der Waals surface area contributed by atoms with Crippen LogP contribution in [0.5, 0.6) is 0 Å². The van der Waals surface area contributed by atoms with Crippen molar-refractivity contribution in [1.29, 1.82) is 0 Å². The number of alkyl halides is 2. The highest BCUT2D eigenvalue weighted by molar-refractivity contribution is 8.76. The lowest BCUT2D eigenvalue weighted by atomic mass is 9.95. The Bertz CT molecular complexity index is 969. The predicted octanol–water partition coefficient (Wildman–Crippen LogP) is 3.96. The van der Waals surface area contributed by atoms with Gasteiger partial charge in [-0.1, -0.05) is 66.6 Å². The molecule has 1 aromatic heterocycles. The molecule has 0 unspecified atom stereocenters. The van der Waals surface area contributed by atoms with Gasteiger partial charge in [0.05, 0.1) is 13.1 Å². The minimum atomic E-state index is -2.76. The fourth-order valence-corrected chi connectivity index (χ4v) is 5.57. The molecule has 0 amide bonds. The minimum absolute atomic E-state index is 0.185. The second-order valence-electron chi connectivity index (χ2n) is 9.46. The highest BCUT2D eigenvalue weighted by atomic mass is 33.1. The van der Waals surface area contributed by atoms with Crippen LogP contribution in [0.4, 0.5) is 26.1 Å². The van der Waals surface area contributed by atoms with Gasteiger partial charge in [-0.3, -0.25) is 5.01 Å². The highest BCUT2D eigenvalue weighted by Crippen LogP contribution is 2.37. The van der Waals surface area contributed by atoms with Crippen LogP contribution in [-0.2, 0) is 18.4 Å². The summed E-state index contributed by atoms with van der Waals surface area (Å²) >= 11 is 0. The Morgan fingerprint density at radius 3 is 2.41 bits per heavy atom. The molecule has 1 aromatic carbocycles. The van der Waals surface area contributed by atoms with E-state index in [9.17, 15) is 8.78 Å². The zero-order valence-electron chi connectivity index (χ0n) is 20.1. The summed E-state index contributed by atoms with van der Waals surface area (Å²) in [5.74, 6) is 6.81. The van der Waals surface area contributed by atoms with Crippen molar-refractivity contribution in [2.45, 2.75) is 51.5 Å². The number of aromatic nitrogens is 2. The Morgan fingerprint density at radius 2 is 1.79 bits per heavy atom. The molecule has 188 valence electrons. The van der Waals surface area contributed by atoms with Crippen LogP contribution in [0.15, 0.2) is 24.3 Å². The van der Waals surface area contributed by atoms with Gasteiger partial charge in [0, 0.05) is 36.4 Å². The Kier molecular flexibility index (Phi) is 8.88. The summed E-state index contributed by atoms with van der Waals surface area (Å²) < 4.78 is 27.9. The normalized spacial score (nSPS) is 15.7. The zero-order valence-corrected chi connectivity index (χ0v) is 21.7. The molecular weight excluding hydrogens is 476 g/mol. The molecular formula is C23H35F2N7S2. The quantitative estimate of drug-likeness (QED) is 0.189. The lowest BCUT2D eigenvalue weighted by molar-refractivity contribution is 0.0257. The van der Waals surface area contributed by atoms with E-state index in [0.29, 0.717) is 30.5 Å². The Balaban J connectivity index is 1.86. The van der Waals surface area contributed by atoms with Gasteiger partial charge in [-0.2, -0.15) is 0 Å². The molecule has 11 heteroatoms. The molecule has 7 nitrogen and oxygen atoms in total. The molecule has 1 fully saturated rings. The minimum Gasteiger partial charge on any atom is -0.393 e. The number of nitrogens with two attached hydrogens (primary N) is 3. The summed E-state index contributed by atoms with van der Waals surface area (Å²) in [7, 11) is 3.58. The maximum Gasteiger partial charge on any atom is 0.266 e. The highest BCUT2D eigenvalue weighted by Gasteiger charge is 2.40. The molecule has 1 saturated heterocycles. The first kappa shape index (κ1) is 26.8. The van der Waals surface area contributed by atoms with Gasteiger partial charge in [-0.05, 0) is 17.5 Å². The molecule has 3 rings (SSSR count). The number of hydrogen-bond acceptors (Lipinski definition) is 9. The van der Waals surface area contributed by atoms with Crippen LogP contribution >= 0.6 is 21.6 Å². The molecule has 1 aliphatic rings. The van der Waals surface area contributed by atoms with Crippen LogP contribution in [-0.4, -0.2) is 47.0 Å². The van der Waals surface area contributed by atoms with Crippen molar-refractivity contribution in [3.63, 3.8) is 0 Å². The van der Waals surface area contributed by atoms with E-state index >= 15 is 0 Å². The van der Waals surface area contributed by atoms with Crippen LogP contribution in [0.3, 0.4) is 0 Å². The molecule has 2 aromatic rings. The van der Waals surface area contributed by atoms with Gasteiger partial charge >= 0.3 is 0 Å². The third kappa shape index (κ3) is 6.87. The molecule has 34 heavy (non-hydrogen) atoms. The summed E-state index contributed by atoms with van der Waals surface area (Å²) in [6.45, 7) is 6.75. The van der Waals surface area contributed by atoms with Crippen LogP contribution < -0.4 is 27.2 Å². The molecule has 0 saturated carbocycles. The zero-order chi connectivity index (χ0) is 24.9. The number of hydrogen-bond donors (Lipinski definition) is 3. The monoisotopic (exact) mass is 511 g/mol. The molecule has 0 aliphatic carbocycles. The molecule has 6 N–H and O–H groups in total. The van der Waals surface area contributed by atoms with E-state index in [1.54, 1.807) is 21.6 Å². The fourth-order valence-electron chi connectivity index (χ4n) is 3.69. The second kappa shape index (κ2) is 11.3. The van der Waals surface area contributed by atoms with Crippen LogP contribution in [0.1, 0.15) is 44.1 Å². The van der Waals surface area contributed by atoms with Crippen molar-refractivity contribution >= 4 is 38.9 Å². The lowest BCUT2D eigenvalue weighted by Gasteiger charge is -2.28. The summed E-state index contributed by atoms with van der Waals surface area (Å²) in [6.07, 6.45) is 0.671. The third-order valence-electron chi connectivity index (χ3n) is 5.52. The molecule has 0 bridgehead atoms. The SMILES string of the molecule is CC(C)(C)c1nc(N(N)Cc2ccccc2CCSSCCN)c(N)c(N2CCC(F)(F)C2)n1. The van der Waals surface area contributed by atoms with E-state index in [1.807, 2.05) is 39.0 Å². The standard InChI is InChI=1S/C23H35F2N7S2/c1-22(2,3)21-29-19(31-11-9-23(24,25)15-31)18(27)20(30-21)32(28)14-17-7-5-4-6-16(17)8-12-33-34-13-10-26/h4-7H,8-15,26-28H2,1-3H3. The lowest BCUT2D eigenvalue weighted by Crippen LogP contribution is -2.35. The second-order valence-corrected chi connectivity index (χ2v) is 12.2. The van der Waals surface area contributed by atoms with Gasteiger partial charge < -0.3 is 16.4 Å². The van der Waals surface area contributed by atoms with E-state index in [0.717, 1.165) is 23.5 Å². The van der Waals surface area contributed by atoms with Crippen molar-refractivity contribution in [2.24, 2.45) is 11.6 Å².